The molecule has 0 aliphatic carbocycles. The summed E-state index contributed by atoms with van der Waals surface area (Å²) >= 11 is 2.38. The lowest BCUT2D eigenvalue weighted by atomic mass is 10.2. The Balaban J connectivity index is 0. The highest BCUT2D eigenvalue weighted by Crippen LogP contribution is 1.95. The standard InChI is InChI=1S/C4H9I.C4H9NO2/c1-4(2)3-5;1-4(2)3-5(6)7/h4H,3H2,1-2H3;4H,3H2,1-2H3. The number of hydrogen-bond acceptors (Lipinski definition) is 2. The molecule has 0 aromatic heterocycles. The summed E-state index contributed by atoms with van der Waals surface area (Å²) in [6.07, 6.45) is 0. The molecule has 0 saturated heterocycles. The third kappa shape index (κ3) is 22.5. The summed E-state index contributed by atoms with van der Waals surface area (Å²) < 4.78 is 1.28. The monoisotopic (exact) mass is 287 g/mol. The Morgan fingerprint density at radius 2 is 1.58 bits per heavy atom. The minimum Gasteiger partial charge on any atom is -0.265 e. The van der Waals surface area contributed by atoms with Gasteiger partial charge in [-0.05, 0) is 5.92 Å². The summed E-state index contributed by atoms with van der Waals surface area (Å²) in [6.45, 7) is 8.16. The molecule has 4 heteroatoms. The first kappa shape index (κ1) is 14.6. The van der Waals surface area contributed by atoms with Crippen molar-refractivity contribution >= 4 is 22.6 Å². The van der Waals surface area contributed by atoms with E-state index in [9.17, 15) is 10.1 Å². The third-order valence-corrected chi connectivity index (χ3v) is 2.58. The number of nitrogens with zero attached hydrogens (tertiary/aromatic N) is 1. The van der Waals surface area contributed by atoms with Gasteiger partial charge in [0.2, 0.25) is 6.54 Å². The van der Waals surface area contributed by atoms with E-state index in [4.69, 9.17) is 0 Å². The largest absolute Gasteiger partial charge is 0.265 e. The highest BCUT2D eigenvalue weighted by atomic mass is 127. The van der Waals surface area contributed by atoms with Crippen molar-refractivity contribution in [3.63, 3.8) is 0 Å². The predicted octanol–water partition coefficient (Wildman–Crippen LogP) is 3.00. The van der Waals surface area contributed by atoms with Crippen LogP contribution in [0.15, 0.2) is 0 Å². The molecule has 0 N–H and O–H groups in total. The van der Waals surface area contributed by atoms with Crippen LogP contribution in [0.1, 0.15) is 27.7 Å². The van der Waals surface area contributed by atoms with Gasteiger partial charge in [-0.2, -0.15) is 0 Å². The van der Waals surface area contributed by atoms with Crippen LogP contribution in [0.25, 0.3) is 0 Å². The first-order chi connectivity index (χ1) is 5.40. The first-order valence-corrected chi connectivity index (χ1v) is 5.60. The number of nitro groups is 1. The second kappa shape index (κ2) is 9.22. The molecule has 0 aromatic carbocycles. The van der Waals surface area contributed by atoms with Crippen LogP contribution in [0.4, 0.5) is 0 Å². The Morgan fingerprint density at radius 3 is 1.58 bits per heavy atom. The number of alkyl halides is 1. The molecule has 0 aliphatic heterocycles. The molecule has 0 unspecified atom stereocenters. The van der Waals surface area contributed by atoms with Crippen molar-refractivity contribution in [1.82, 2.24) is 0 Å². The third-order valence-electron chi connectivity index (χ3n) is 0.823. The van der Waals surface area contributed by atoms with E-state index in [1.165, 1.54) is 4.43 Å². The topological polar surface area (TPSA) is 43.1 Å². The molecule has 3 nitrogen and oxygen atoms in total. The van der Waals surface area contributed by atoms with Crippen LogP contribution >= 0.6 is 22.6 Å². The molecule has 0 rings (SSSR count). The van der Waals surface area contributed by atoms with E-state index < -0.39 is 0 Å². The minimum atomic E-state index is -0.301. The van der Waals surface area contributed by atoms with Gasteiger partial charge >= 0.3 is 0 Å². The molecule has 74 valence electrons. The van der Waals surface area contributed by atoms with E-state index in [1.807, 2.05) is 13.8 Å². The van der Waals surface area contributed by atoms with Gasteiger partial charge < -0.3 is 0 Å². The maximum absolute atomic E-state index is 9.62. The number of rotatable bonds is 3. The van der Waals surface area contributed by atoms with Gasteiger partial charge in [0.05, 0.1) is 0 Å². The minimum absolute atomic E-state index is 0.0833. The van der Waals surface area contributed by atoms with Crippen molar-refractivity contribution in [1.29, 1.82) is 0 Å². The average Bonchev–Trinajstić information content (AvgIpc) is 1.85. The Bertz CT molecular complexity index is 116. The van der Waals surface area contributed by atoms with Gasteiger partial charge in [0.25, 0.3) is 0 Å². The fourth-order valence-electron chi connectivity index (χ4n) is 0.298. The van der Waals surface area contributed by atoms with Crippen LogP contribution in [-0.2, 0) is 0 Å². The molecule has 0 amide bonds. The SMILES string of the molecule is CC(C)CI.CC(C)C[N+](=O)[O-]. The lowest BCUT2D eigenvalue weighted by Gasteiger charge is -1.92. The zero-order valence-corrected chi connectivity index (χ0v) is 10.4. The van der Waals surface area contributed by atoms with Crippen LogP contribution in [0.5, 0.6) is 0 Å². The first-order valence-electron chi connectivity index (χ1n) is 4.07. The fourth-order valence-corrected chi connectivity index (χ4v) is 0.298. The van der Waals surface area contributed by atoms with Crippen molar-refractivity contribution in [3.05, 3.63) is 10.1 Å². The van der Waals surface area contributed by atoms with Crippen LogP contribution < -0.4 is 0 Å². The van der Waals surface area contributed by atoms with Crippen molar-refractivity contribution in [2.24, 2.45) is 11.8 Å². The Hall–Kier alpha value is 0.130. The molecule has 0 atom stereocenters. The van der Waals surface area contributed by atoms with Crippen molar-refractivity contribution in [3.8, 4) is 0 Å². The Morgan fingerprint density at radius 1 is 1.25 bits per heavy atom. The zero-order valence-electron chi connectivity index (χ0n) is 8.21. The van der Waals surface area contributed by atoms with Crippen LogP contribution in [0, 0.1) is 22.0 Å². The molecule has 0 aromatic rings. The van der Waals surface area contributed by atoms with Crippen molar-refractivity contribution in [2.45, 2.75) is 27.7 Å². The Labute approximate surface area is 88.2 Å². The van der Waals surface area contributed by atoms with Crippen LogP contribution in [0.2, 0.25) is 0 Å². The molecule has 0 aliphatic rings. The molecular weight excluding hydrogens is 269 g/mol. The summed E-state index contributed by atoms with van der Waals surface area (Å²) in [5, 5.41) is 9.62. The zero-order chi connectivity index (χ0) is 10.1. The van der Waals surface area contributed by atoms with Crippen LogP contribution in [0.3, 0.4) is 0 Å². The molecule has 0 bridgehead atoms. The lowest BCUT2D eigenvalue weighted by Crippen LogP contribution is -2.06. The van der Waals surface area contributed by atoms with Gasteiger partial charge in [0.1, 0.15) is 0 Å². The summed E-state index contributed by atoms with van der Waals surface area (Å²) in [4.78, 5) is 9.31. The van der Waals surface area contributed by atoms with E-state index >= 15 is 0 Å². The summed E-state index contributed by atoms with van der Waals surface area (Å²) in [5.41, 5.74) is 0. The lowest BCUT2D eigenvalue weighted by molar-refractivity contribution is -0.486. The summed E-state index contributed by atoms with van der Waals surface area (Å²) in [7, 11) is 0. The number of hydrogen-bond donors (Lipinski definition) is 0. The molecule has 0 saturated carbocycles. The van der Waals surface area contributed by atoms with Gasteiger partial charge in [0, 0.05) is 15.3 Å². The van der Waals surface area contributed by atoms with Gasteiger partial charge in [-0.1, -0.05) is 50.3 Å². The van der Waals surface area contributed by atoms with Crippen molar-refractivity contribution in [2.75, 3.05) is 11.0 Å². The molecule has 0 heterocycles. The van der Waals surface area contributed by atoms with E-state index in [-0.39, 0.29) is 17.4 Å². The average molecular weight is 287 g/mol. The predicted molar refractivity (Wildman–Crippen MR) is 60.4 cm³/mol. The normalized spacial score (nSPS) is 9.58. The van der Waals surface area contributed by atoms with Gasteiger partial charge in [-0.25, -0.2) is 0 Å². The van der Waals surface area contributed by atoms with E-state index in [0.717, 1.165) is 5.92 Å². The maximum Gasteiger partial charge on any atom is 0.206 e. The van der Waals surface area contributed by atoms with Crippen molar-refractivity contribution < 1.29 is 4.92 Å². The van der Waals surface area contributed by atoms with E-state index in [1.54, 1.807) is 0 Å². The smallest absolute Gasteiger partial charge is 0.206 e. The number of halogens is 1. The van der Waals surface area contributed by atoms with Gasteiger partial charge in [-0.3, -0.25) is 10.1 Å². The molecule has 12 heavy (non-hydrogen) atoms. The van der Waals surface area contributed by atoms with Gasteiger partial charge in [0.15, 0.2) is 0 Å². The quantitative estimate of drug-likeness (QED) is 0.346. The highest BCUT2D eigenvalue weighted by molar-refractivity contribution is 14.1. The molecule has 0 radical (unpaired) electrons. The highest BCUT2D eigenvalue weighted by Gasteiger charge is 1.99. The fraction of sp³-hybridized carbons (Fsp3) is 1.00. The second-order valence-electron chi connectivity index (χ2n) is 3.46. The summed E-state index contributed by atoms with van der Waals surface area (Å²) in [6, 6.07) is 0. The summed E-state index contributed by atoms with van der Waals surface area (Å²) in [5.74, 6) is 1.05. The van der Waals surface area contributed by atoms with Crippen LogP contribution in [-0.4, -0.2) is 15.9 Å². The Kier molecular flexibility index (Phi) is 11.3. The molecule has 0 spiro atoms. The molecular formula is C8H18INO2. The van der Waals surface area contributed by atoms with E-state index in [0.29, 0.717) is 0 Å². The second-order valence-corrected chi connectivity index (χ2v) is 4.34. The molecule has 0 fully saturated rings. The van der Waals surface area contributed by atoms with E-state index in [2.05, 4.69) is 36.4 Å². The van der Waals surface area contributed by atoms with Gasteiger partial charge in [-0.15, -0.1) is 0 Å². The maximum atomic E-state index is 9.62.